The lowest BCUT2D eigenvalue weighted by molar-refractivity contribution is -0.129. The molecule has 7 nitrogen and oxygen atoms in total. The molecular weight excluding hydrogens is 362 g/mol. The molecule has 7 heteroatoms. The van der Waals surface area contributed by atoms with Gasteiger partial charge < -0.3 is 23.7 Å². The molecule has 3 rings (SSSR count). The molecule has 1 heterocycles. The van der Waals surface area contributed by atoms with Gasteiger partial charge in [-0.05, 0) is 48.9 Å². The minimum absolute atomic E-state index is 0.191. The Balaban J connectivity index is 1.91. The van der Waals surface area contributed by atoms with Crippen molar-refractivity contribution in [1.82, 2.24) is 0 Å². The maximum Gasteiger partial charge on any atom is 0.363 e. The van der Waals surface area contributed by atoms with Crippen LogP contribution in [0.1, 0.15) is 18.1 Å². The number of esters is 1. The van der Waals surface area contributed by atoms with Crippen LogP contribution in [-0.2, 0) is 9.53 Å². The van der Waals surface area contributed by atoms with E-state index in [4.69, 9.17) is 23.7 Å². The van der Waals surface area contributed by atoms with E-state index in [-0.39, 0.29) is 11.6 Å². The topological polar surface area (TPSA) is 75.6 Å². The quantitative estimate of drug-likeness (QED) is 0.538. The summed E-state index contributed by atoms with van der Waals surface area (Å²) in [5.74, 6) is 1.98. The number of carbonyl (C=O) groups excluding carboxylic acids is 1. The number of aliphatic imine (C=N–C) groups is 1. The summed E-state index contributed by atoms with van der Waals surface area (Å²) in [7, 11) is 4.65. The highest BCUT2D eigenvalue weighted by Crippen LogP contribution is 2.31. The molecule has 0 amide bonds. The third-order valence-electron chi connectivity index (χ3n) is 4.04. The fourth-order valence-corrected chi connectivity index (χ4v) is 2.71. The molecule has 2 aromatic rings. The first-order valence-corrected chi connectivity index (χ1v) is 8.65. The highest BCUT2D eigenvalue weighted by Gasteiger charge is 2.25. The lowest BCUT2D eigenvalue weighted by Crippen LogP contribution is -2.06. The smallest absolute Gasteiger partial charge is 0.363 e. The molecule has 0 fully saturated rings. The van der Waals surface area contributed by atoms with Crippen LogP contribution in [0, 0.1) is 0 Å². The van der Waals surface area contributed by atoms with Crippen molar-refractivity contribution in [2.45, 2.75) is 6.92 Å². The van der Waals surface area contributed by atoms with Crippen LogP contribution in [0.15, 0.2) is 47.1 Å². The van der Waals surface area contributed by atoms with Crippen molar-refractivity contribution < 1.29 is 28.5 Å². The molecule has 0 bridgehead atoms. The van der Waals surface area contributed by atoms with Crippen LogP contribution < -0.4 is 18.9 Å². The number of carbonyl (C=O) groups is 1. The SMILES string of the molecule is CCOc1ccc(C=C2N=C(c3ccc(OC)c(OC)c3)OC2=O)cc1OC. The number of nitrogens with zero attached hydrogens (tertiary/aromatic N) is 1. The lowest BCUT2D eigenvalue weighted by Gasteiger charge is -2.09. The van der Waals surface area contributed by atoms with Gasteiger partial charge in [0.25, 0.3) is 0 Å². The van der Waals surface area contributed by atoms with Gasteiger partial charge in [-0.1, -0.05) is 6.07 Å². The van der Waals surface area contributed by atoms with E-state index in [1.807, 2.05) is 13.0 Å². The number of benzene rings is 2. The fraction of sp³-hybridized carbons (Fsp3) is 0.238. The summed E-state index contributed by atoms with van der Waals surface area (Å²) in [5, 5.41) is 0. The van der Waals surface area contributed by atoms with Crippen LogP contribution in [-0.4, -0.2) is 39.8 Å². The zero-order valence-electron chi connectivity index (χ0n) is 16.1. The van der Waals surface area contributed by atoms with E-state index in [9.17, 15) is 4.79 Å². The summed E-state index contributed by atoms with van der Waals surface area (Å²) < 4.78 is 26.7. The number of cyclic esters (lactones) is 1. The zero-order chi connectivity index (χ0) is 20.1. The Labute approximate surface area is 163 Å². The van der Waals surface area contributed by atoms with E-state index in [1.54, 1.807) is 50.6 Å². The summed E-state index contributed by atoms with van der Waals surface area (Å²) in [6.45, 7) is 2.43. The second-order valence-electron chi connectivity index (χ2n) is 5.75. The van der Waals surface area contributed by atoms with Crippen LogP contribution in [0.3, 0.4) is 0 Å². The average molecular weight is 383 g/mol. The molecule has 1 aliphatic heterocycles. The van der Waals surface area contributed by atoms with Crippen LogP contribution >= 0.6 is 0 Å². The van der Waals surface area contributed by atoms with Crippen LogP contribution in [0.4, 0.5) is 0 Å². The predicted octanol–water partition coefficient (Wildman–Crippen LogP) is 3.46. The highest BCUT2D eigenvalue weighted by atomic mass is 16.6. The Morgan fingerprint density at radius 1 is 0.929 bits per heavy atom. The molecule has 0 aliphatic carbocycles. The van der Waals surface area contributed by atoms with E-state index in [0.29, 0.717) is 35.2 Å². The standard InChI is InChI=1S/C21H21NO6/c1-5-27-17-8-6-13(11-18(17)25-3)10-15-21(23)28-20(22-15)14-7-9-16(24-2)19(12-14)26-4/h6-12H,5H2,1-4H3. The molecule has 0 aromatic heterocycles. The molecule has 0 N–H and O–H groups in total. The van der Waals surface area contributed by atoms with Crippen LogP contribution in [0.25, 0.3) is 6.08 Å². The molecular formula is C21H21NO6. The van der Waals surface area contributed by atoms with Crippen LogP contribution in [0.2, 0.25) is 0 Å². The fourth-order valence-electron chi connectivity index (χ4n) is 2.71. The van der Waals surface area contributed by atoms with Gasteiger partial charge in [-0.3, -0.25) is 0 Å². The van der Waals surface area contributed by atoms with Gasteiger partial charge in [0.1, 0.15) is 0 Å². The van der Waals surface area contributed by atoms with Crippen molar-refractivity contribution >= 4 is 17.9 Å². The summed E-state index contributed by atoms with van der Waals surface area (Å²) >= 11 is 0. The minimum atomic E-state index is -0.530. The Kier molecular flexibility index (Phi) is 5.84. The first-order valence-electron chi connectivity index (χ1n) is 8.65. The number of hydrogen-bond acceptors (Lipinski definition) is 7. The van der Waals surface area contributed by atoms with Gasteiger partial charge in [-0.2, -0.15) is 0 Å². The molecule has 1 aliphatic rings. The maximum atomic E-state index is 12.2. The van der Waals surface area contributed by atoms with Crippen molar-refractivity contribution in [3.63, 3.8) is 0 Å². The van der Waals surface area contributed by atoms with Gasteiger partial charge in [0.2, 0.25) is 5.90 Å². The van der Waals surface area contributed by atoms with E-state index >= 15 is 0 Å². The largest absolute Gasteiger partial charge is 0.493 e. The molecule has 0 spiro atoms. The van der Waals surface area contributed by atoms with Gasteiger partial charge in [0, 0.05) is 5.56 Å². The van der Waals surface area contributed by atoms with Crippen molar-refractivity contribution in [2.24, 2.45) is 4.99 Å². The summed E-state index contributed by atoms with van der Waals surface area (Å²) in [4.78, 5) is 16.6. The molecule has 0 radical (unpaired) electrons. The average Bonchev–Trinajstić information content (AvgIpc) is 3.09. The molecule has 2 aromatic carbocycles. The normalized spacial score (nSPS) is 14.5. The maximum absolute atomic E-state index is 12.2. The first kappa shape index (κ1) is 19.3. The third-order valence-corrected chi connectivity index (χ3v) is 4.04. The zero-order valence-corrected chi connectivity index (χ0v) is 16.1. The van der Waals surface area contributed by atoms with Crippen molar-refractivity contribution in [3.05, 3.63) is 53.2 Å². The highest BCUT2D eigenvalue weighted by molar-refractivity contribution is 6.13. The number of ether oxygens (including phenoxy) is 5. The molecule has 0 saturated heterocycles. The van der Waals surface area contributed by atoms with E-state index in [1.165, 1.54) is 7.11 Å². The number of rotatable bonds is 7. The molecule has 0 unspecified atom stereocenters. The van der Waals surface area contributed by atoms with Gasteiger partial charge in [0.05, 0.1) is 27.9 Å². The van der Waals surface area contributed by atoms with Crippen molar-refractivity contribution in [1.29, 1.82) is 0 Å². The van der Waals surface area contributed by atoms with Gasteiger partial charge in [0.15, 0.2) is 28.7 Å². The minimum Gasteiger partial charge on any atom is -0.493 e. The van der Waals surface area contributed by atoms with Gasteiger partial charge >= 0.3 is 5.97 Å². The van der Waals surface area contributed by atoms with Gasteiger partial charge in [-0.25, -0.2) is 9.79 Å². The Morgan fingerprint density at radius 2 is 1.61 bits per heavy atom. The second kappa shape index (κ2) is 8.47. The molecule has 0 saturated carbocycles. The molecule has 28 heavy (non-hydrogen) atoms. The third kappa shape index (κ3) is 3.93. The lowest BCUT2D eigenvalue weighted by atomic mass is 10.1. The predicted molar refractivity (Wildman–Crippen MR) is 104 cm³/mol. The Morgan fingerprint density at radius 3 is 2.29 bits per heavy atom. The van der Waals surface area contributed by atoms with Crippen molar-refractivity contribution in [2.75, 3.05) is 27.9 Å². The number of hydrogen-bond donors (Lipinski definition) is 0. The molecule has 146 valence electrons. The summed E-state index contributed by atoms with van der Waals surface area (Å²) in [6.07, 6.45) is 1.63. The van der Waals surface area contributed by atoms with Gasteiger partial charge in [-0.15, -0.1) is 0 Å². The first-order chi connectivity index (χ1) is 13.6. The van der Waals surface area contributed by atoms with Crippen LogP contribution in [0.5, 0.6) is 23.0 Å². The van der Waals surface area contributed by atoms with Crippen molar-refractivity contribution in [3.8, 4) is 23.0 Å². The molecule has 0 atom stereocenters. The summed E-state index contributed by atoms with van der Waals surface area (Å²) in [6, 6.07) is 10.6. The Hall–Kier alpha value is -3.48. The second-order valence-corrected chi connectivity index (χ2v) is 5.75. The van der Waals surface area contributed by atoms with E-state index in [0.717, 1.165) is 5.56 Å². The summed E-state index contributed by atoms with van der Waals surface area (Å²) in [5.41, 5.74) is 1.54. The number of methoxy groups -OCH3 is 3. The van der Waals surface area contributed by atoms with E-state index < -0.39 is 5.97 Å². The Bertz CT molecular complexity index is 948. The monoisotopic (exact) mass is 383 g/mol. The van der Waals surface area contributed by atoms with E-state index in [2.05, 4.69) is 4.99 Å².